The van der Waals surface area contributed by atoms with Gasteiger partial charge in [-0.1, -0.05) is 41.9 Å². The smallest absolute Gasteiger partial charge is 0.261 e. The maximum atomic E-state index is 13.0. The van der Waals surface area contributed by atoms with Crippen molar-refractivity contribution in [2.24, 2.45) is 0 Å². The maximum absolute atomic E-state index is 13.0. The van der Waals surface area contributed by atoms with Crippen LogP contribution in [0.15, 0.2) is 77.7 Å². The largest absolute Gasteiger partial charge is 0.348 e. The predicted octanol–water partition coefficient (Wildman–Crippen LogP) is 4.21. The minimum Gasteiger partial charge on any atom is -0.348 e. The van der Waals surface area contributed by atoms with E-state index in [1.165, 1.54) is 12.1 Å². The van der Waals surface area contributed by atoms with Crippen molar-refractivity contribution < 1.29 is 17.6 Å². The van der Waals surface area contributed by atoms with Crippen LogP contribution in [0.5, 0.6) is 0 Å². The van der Waals surface area contributed by atoms with Crippen LogP contribution in [-0.4, -0.2) is 14.3 Å². The minimum atomic E-state index is -3.98. The summed E-state index contributed by atoms with van der Waals surface area (Å²) in [6, 6.07) is 17.7. The fourth-order valence-corrected chi connectivity index (χ4v) is 3.78. The molecule has 5 nitrogen and oxygen atoms in total. The third-order valence-electron chi connectivity index (χ3n) is 3.94. The molecule has 0 heterocycles. The molecule has 3 aromatic rings. The van der Waals surface area contributed by atoms with Crippen molar-refractivity contribution >= 4 is 33.2 Å². The van der Waals surface area contributed by atoms with Gasteiger partial charge in [0.25, 0.3) is 15.9 Å². The zero-order valence-corrected chi connectivity index (χ0v) is 16.1. The normalized spacial score (nSPS) is 11.1. The fraction of sp³-hybridized carbons (Fsp3) is 0.0500. The first-order valence-corrected chi connectivity index (χ1v) is 10.1. The molecule has 0 unspecified atom stereocenters. The quantitative estimate of drug-likeness (QED) is 0.629. The number of anilines is 1. The molecule has 0 saturated heterocycles. The van der Waals surface area contributed by atoms with Gasteiger partial charge in [-0.05, 0) is 48.0 Å². The van der Waals surface area contributed by atoms with Crippen LogP contribution in [0.2, 0.25) is 5.02 Å². The molecule has 0 aliphatic rings. The second-order valence-corrected chi connectivity index (χ2v) is 7.97. The molecule has 144 valence electrons. The van der Waals surface area contributed by atoms with E-state index in [0.29, 0.717) is 5.02 Å². The highest BCUT2D eigenvalue weighted by atomic mass is 35.5. The SMILES string of the molecule is O=C(NCc1ccccc1Cl)c1ccccc1NS(=O)(=O)c1ccc(F)cc1. The van der Waals surface area contributed by atoms with Gasteiger partial charge in [0, 0.05) is 11.6 Å². The summed E-state index contributed by atoms with van der Waals surface area (Å²) in [6.07, 6.45) is 0. The number of benzene rings is 3. The molecule has 3 aromatic carbocycles. The molecular weight excluding hydrogens is 403 g/mol. The number of nitrogens with one attached hydrogen (secondary N) is 2. The summed E-state index contributed by atoms with van der Waals surface area (Å²) in [5.74, 6) is -1.00. The van der Waals surface area contributed by atoms with E-state index in [4.69, 9.17) is 11.6 Å². The molecule has 8 heteroatoms. The lowest BCUT2D eigenvalue weighted by Crippen LogP contribution is -2.25. The van der Waals surface area contributed by atoms with Crippen molar-refractivity contribution in [2.45, 2.75) is 11.4 Å². The molecule has 0 radical (unpaired) electrons. The highest BCUT2D eigenvalue weighted by Crippen LogP contribution is 2.21. The van der Waals surface area contributed by atoms with E-state index in [2.05, 4.69) is 10.0 Å². The number of rotatable bonds is 6. The molecule has 0 aliphatic carbocycles. The molecule has 0 aromatic heterocycles. The van der Waals surface area contributed by atoms with E-state index in [1.807, 2.05) is 0 Å². The predicted molar refractivity (Wildman–Crippen MR) is 106 cm³/mol. The van der Waals surface area contributed by atoms with Gasteiger partial charge in [-0.2, -0.15) is 0 Å². The summed E-state index contributed by atoms with van der Waals surface area (Å²) in [7, 11) is -3.98. The topological polar surface area (TPSA) is 75.3 Å². The van der Waals surface area contributed by atoms with Crippen LogP contribution in [0.1, 0.15) is 15.9 Å². The number of halogens is 2. The first-order chi connectivity index (χ1) is 13.4. The number of amides is 1. The zero-order chi connectivity index (χ0) is 20.1. The summed E-state index contributed by atoms with van der Waals surface area (Å²) in [6.45, 7) is 0.192. The monoisotopic (exact) mass is 418 g/mol. The molecule has 0 spiro atoms. The summed E-state index contributed by atoms with van der Waals surface area (Å²) in [5, 5.41) is 3.24. The van der Waals surface area contributed by atoms with Gasteiger partial charge in [0.1, 0.15) is 5.82 Å². The van der Waals surface area contributed by atoms with Crippen LogP contribution in [0, 0.1) is 5.82 Å². The Morgan fingerprint density at radius 2 is 1.57 bits per heavy atom. The Balaban J connectivity index is 1.80. The van der Waals surface area contributed by atoms with E-state index < -0.39 is 21.7 Å². The van der Waals surface area contributed by atoms with Crippen molar-refractivity contribution in [3.63, 3.8) is 0 Å². The minimum absolute atomic E-state index is 0.111. The van der Waals surface area contributed by atoms with Crippen LogP contribution < -0.4 is 10.0 Å². The van der Waals surface area contributed by atoms with E-state index >= 15 is 0 Å². The van der Waals surface area contributed by atoms with Gasteiger partial charge >= 0.3 is 0 Å². The lowest BCUT2D eigenvalue weighted by atomic mass is 10.1. The Morgan fingerprint density at radius 3 is 2.29 bits per heavy atom. The number of sulfonamides is 1. The van der Waals surface area contributed by atoms with Gasteiger partial charge in [-0.15, -0.1) is 0 Å². The van der Waals surface area contributed by atoms with Crippen molar-refractivity contribution in [3.05, 3.63) is 94.8 Å². The average molecular weight is 419 g/mol. The summed E-state index contributed by atoms with van der Waals surface area (Å²) in [4.78, 5) is 12.5. The molecule has 3 rings (SSSR count). The Morgan fingerprint density at radius 1 is 0.929 bits per heavy atom. The van der Waals surface area contributed by atoms with Gasteiger partial charge < -0.3 is 5.32 Å². The standard InChI is InChI=1S/C20H16ClFN2O3S/c21-18-7-3-1-5-14(18)13-23-20(25)17-6-2-4-8-19(17)24-28(26,27)16-11-9-15(22)10-12-16/h1-12,24H,13H2,(H,23,25). The first-order valence-electron chi connectivity index (χ1n) is 8.26. The van der Waals surface area contributed by atoms with E-state index in [9.17, 15) is 17.6 Å². The van der Waals surface area contributed by atoms with Crippen LogP contribution in [0.25, 0.3) is 0 Å². The van der Waals surface area contributed by atoms with Gasteiger partial charge in [0.15, 0.2) is 0 Å². The third kappa shape index (κ3) is 4.68. The van der Waals surface area contributed by atoms with E-state index in [-0.39, 0.29) is 22.7 Å². The Labute approximate surface area is 167 Å². The van der Waals surface area contributed by atoms with Gasteiger partial charge in [0.05, 0.1) is 16.1 Å². The second kappa shape index (κ2) is 8.41. The first kappa shape index (κ1) is 19.9. The lowest BCUT2D eigenvalue weighted by molar-refractivity contribution is 0.0952. The number of hydrogen-bond acceptors (Lipinski definition) is 3. The van der Waals surface area contributed by atoms with Crippen molar-refractivity contribution in [2.75, 3.05) is 4.72 Å². The van der Waals surface area contributed by atoms with Crippen molar-refractivity contribution in [1.82, 2.24) is 5.32 Å². The van der Waals surface area contributed by atoms with E-state index in [1.54, 1.807) is 36.4 Å². The fourth-order valence-electron chi connectivity index (χ4n) is 2.50. The zero-order valence-electron chi connectivity index (χ0n) is 14.5. The summed E-state index contributed by atoms with van der Waals surface area (Å²) in [5.41, 5.74) is 1.01. The Bertz CT molecular complexity index is 1100. The molecule has 0 saturated carbocycles. The third-order valence-corrected chi connectivity index (χ3v) is 5.69. The highest BCUT2D eigenvalue weighted by molar-refractivity contribution is 7.92. The molecule has 0 atom stereocenters. The van der Waals surface area contributed by atoms with Crippen LogP contribution in [0.4, 0.5) is 10.1 Å². The van der Waals surface area contributed by atoms with Crippen molar-refractivity contribution in [1.29, 1.82) is 0 Å². The van der Waals surface area contributed by atoms with Crippen LogP contribution in [-0.2, 0) is 16.6 Å². The number of hydrogen-bond donors (Lipinski definition) is 2. The lowest BCUT2D eigenvalue weighted by Gasteiger charge is -2.13. The Hall–Kier alpha value is -2.90. The molecular formula is C20H16ClFN2O3S. The number of carbonyl (C=O) groups excluding carboxylic acids is 1. The Kier molecular flexibility index (Phi) is 5.96. The molecule has 28 heavy (non-hydrogen) atoms. The molecule has 0 bridgehead atoms. The summed E-state index contributed by atoms with van der Waals surface area (Å²) < 4.78 is 40.5. The molecule has 1 amide bonds. The number of para-hydroxylation sites is 1. The van der Waals surface area contributed by atoms with Gasteiger partial charge in [-0.25, -0.2) is 12.8 Å². The number of carbonyl (C=O) groups is 1. The van der Waals surface area contributed by atoms with Gasteiger partial charge in [0.2, 0.25) is 0 Å². The second-order valence-electron chi connectivity index (χ2n) is 5.88. The highest BCUT2D eigenvalue weighted by Gasteiger charge is 2.18. The molecule has 2 N–H and O–H groups in total. The summed E-state index contributed by atoms with van der Waals surface area (Å²) >= 11 is 6.08. The van der Waals surface area contributed by atoms with E-state index in [0.717, 1.165) is 29.8 Å². The molecule has 0 fully saturated rings. The maximum Gasteiger partial charge on any atom is 0.261 e. The molecule has 0 aliphatic heterocycles. The van der Waals surface area contributed by atoms with Crippen LogP contribution in [0.3, 0.4) is 0 Å². The van der Waals surface area contributed by atoms with Crippen molar-refractivity contribution in [3.8, 4) is 0 Å². The average Bonchev–Trinajstić information content (AvgIpc) is 2.67. The van der Waals surface area contributed by atoms with Gasteiger partial charge in [-0.3, -0.25) is 9.52 Å². The van der Waals surface area contributed by atoms with Crippen LogP contribution >= 0.6 is 11.6 Å².